The molecule has 0 atom stereocenters. The van der Waals surface area contributed by atoms with Crippen LogP contribution in [0.4, 0.5) is 17.6 Å². The highest BCUT2D eigenvalue weighted by atomic mass is 19.4. The minimum absolute atomic E-state index is 0.100. The molecule has 3 aromatic rings. The van der Waals surface area contributed by atoms with Crippen LogP contribution in [0, 0.1) is 31.5 Å². The Morgan fingerprint density at radius 2 is 1.65 bits per heavy atom. The van der Waals surface area contributed by atoms with Crippen LogP contribution in [0.25, 0.3) is 5.69 Å². The number of nitrogens with zero attached hydrogens (tertiary/aromatic N) is 3. The Morgan fingerprint density at radius 1 is 0.962 bits per heavy atom. The standard InChI is InChI=1S/C19H13F4N3/c1-12-3-6-15(24-11-12)7-10-17-13(2)25-26(18(17)19(21,22)23)16-8-4-14(20)5-9-16/h3-6,8-9,11H,1-2H3. The van der Waals surface area contributed by atoms with E-state index in [1.165, 1.54) is 19.1 Å². The second-order valence-corrected chi connectivity index (χ2v) is 5.67. The van der Waals surface area contributed by atoms with E-state index in [0.717, 1.165) is 22.4 Å². The maximum atomic E-state index is 13.6. The molecular formula is C19H13F4N3. The van der Waals surface area contributed by atoms with Gasteiger partial charge in [0.1, 0.15) is 11.5 Å². The molecule has 0 radical (unpaired) electrons. The highest BCUT2D eigenvalue weighted by Gasteiger charge is 2.39. The van der Waals surface area contributed by atoms with Gasteiger partial charge in [0.15, 0.2) is 5.69 Å². The van der Waals surface area contributed by atoms with Crippen LogP contribution in [-0.2, 0) is 6.18 Å². The summed E-state index contributed by atoms with van der Waals surface area (Å²) in [7, 11) is 0. The summed E-state index contributed by atoms with van der Waals surface area (Å²) in [5.41, 5.74) is 0.277. The summed E-state index contributed by atoms with van der Waals surface area (Å²) in [4.78, 5) is 4.07. The third-order valence-corrected chi connectivity index (χ3v) is 3.63. The highest BCUT2D eigenvalue weighted by molar-refractivity contribution is 5.49. The SMILES string of the molecule is Cc1ccc(C#Cc2c(C)nn(-c3ccc(F)cc3)c2C(F)(F)F)nc1. The van der Waals surface area contributed by atoms with Gasteiger partial charge in [-0.15, -0.1) is 0 Å². The summed E-state index contributed by atoms with van der Waals surface area (Å²) < 4.78 is 54.8. The van der Waals surface area contributed by atoms with E-state index in [-0.39, 0.29) is 16.9 Å². The molecule has 0 N–H and O–H groups in total. The van der Waals surface area contributed by atoms with Crippen molar-refractivity contribution in [2.75, 3.05) is 0 Å². The molecule has 0 amide bonds. The molecule has 0 aliphatic heterocycles. The quantitative estimate of drug-likeness (QED) is 0.475. The second kappa shape index (κ2) is 6.64. The van der Waals surface area contributed by atoms with Crippen molar-refractivity contribution in [1.82, 2.24) is 14.8 Å². The first-order valence-corrected chi connectivity index (χ1v) is 7.63. The van der Waals surface area contributed by atoms with Gasteiger partial charge in [-0.2, -0.15) is 18.3 Å². The molecule has 0 aliphatic carbocycles. The number of pyridine rings is 1. The summed E-state index contributed by atoms with van der Waals surface area (Å²) in [6.07, 6.45) is -3.09. The Hall–Kier alpha value is -3.14. The van der Waals surface area contributed by atoms with Crippen LogP contribution in [0.1, 0.15) is 28.2 Å². The Balaban J connectivity index is 2.14. The smallest absolute Gasteiger partial charge is 0.248 e. The molecule has 132 valence electrons. The van der Waals surface area contributed by atoms with E-state index < -0.39 is 17.7 Å². The van der Waals surface area contributed by atoms with Crippen molar-refractivity contribution in [1.29, 1.82) is 0 Å². The van der Waals surface area contributed by atoms with Crippen LogP contribution in [-0.4, -0.2) is 14.8 Å². The van der Waals surface area contributed by atoms with Gasteiger partial charge in [0.2, 0.25) is 0 Å². The molecule has 0 saturated carbocycles. The fraction of sp³-hybridized carbons (Fsp3) is 0.158. The third kappa shape index (κ3) is 3.59. The Labute approximate surface area is 147 Å². The average Bonchev–Trinajstić information content (AvgIpc) is 2.92. The molecule has 0 unspecified atom stereocenters. The number of hydrogen-bond acceptors (Lipinski definition) is 2. The molecule has 0 spiro atoms. The van der Waals surface area contributed by atoms with Crippen molar-refractivity contribution in [3.8, 4) is 17.5 Å². The predicted octanol–water partition coefficient (Wildman–Crippen LogP) is 4.44. The number of benzene rings is 1. The lowest BCUT2D eigenvalue weighted by molar-refractivity contribution is -0.143. The third-order valence-electron chi connectivity index (χ3n) is 3.63. The number of rotatable bonds is 1. The highest BCUT2D eigenvalue weighted by Crippen LogP contribution is 2.34. The summed E-state index contributed by atoms with van der Waals surface area (Å²) >= 11 is 0. The molecule has 26 heavy (non-hydrogen) atoms. The van der Waals surface area contributed by atoms with Crippen molar-refractivity contribution < 1.29 is 17.6 Å². The first-order chi connectivity index (χ1) is 12.3. The van der Waals surface area contributed by atoms with Crippen LogP contribution in [0.15, 0.2) is 42.6 Å². The zero-order chi connectivity index (χ0) is 18.9. The number of alkyl halides is 3. The molecule has 0 saturated heterocycles. The van der Waals surface area contributed by atoms with Gasteiger partial charge in [0.25, 0.3) is 0 Å². The number of aryl methyl sites for hydroxylation is 2. The van der Waals surface area contributed by atoms with Gasteiger partial charge in [-0.3, -0.25) is 0 Å². The summed E-state index contributed by atoms with van der Waals surface area (Å²) in [5, 5.41) is 3.95. The summed E-state index contributed by atoms with van der Waals surface area (Å²) in [6.45, 7) is 3.30. The van der Waals surface area contributed by atoms with E-state index in [4.69, 9.17) is 0 Å². The molecule has 3 nitrogen and oxygen atoms in total. The van der Waals surface area contributed by atoms with Gasteiger partial charge in [-0.25, -0.2) is 14.1 Å². The first kappa shape index (κ1) is 17.7. The zero-order valence-electron chi connectivity index (χ0n) is 13.9. The first-order valence-electron chi connectivity index (χ1n) is 7.63. The van der Waals surface area contributed by atoms with Gasteiger partial charge in [-0.1, -0.05) is 12.0 Å². The van der Waals surface area contributed by atoms with E-state index in [1.807, 2.05) is 6.92 Å². The predicted molar refractivity (Wildman–Crippen MR) is 88.2 cm³/mol. The lowest BCUT2D eigenvalue weighted by Crippen LogP contribution is -2.14. The zero-order valence-corrected chi connectivity index (χ0v) is 13.9. The fourth-order valence-electron chi connectivity index (χ4n) is 2.38. The summed E-state index contributed by atoms with van der Waals surface area (Å²) in [6, 6.07) is 8.03. The second-order valence-electron chi connectivity index (χ2n) is 5.67. The largest absolute Gasteiger partial charge is 0.434 e. The Morgan fingerprint density at radius 3 is 2.23 bits per heavy atom. The van der Waals surface area contributed by atoms with Crippen LogP contribution in [0.2, 0.25) is 0 Å². The van der Waals surface area contributed by atoms with Crippen molar-refractivity contribution >= 4 is 0 Å². The molecule has 0 fully saturated rings. The van der Waals surface area contributed by atoms with Gasteiger partial charge in [0.05, 0.1) is 16.9 Å². The normalized spacial score (nSPS) is 11.2. The molecule has 7 heteroatoms. The maximum absolute atomic E-state index is 13.6. The summed E-state index contributed by atoms with van der Waals surface area (Å²) in [5.74, 6) is 4.63. The molecular weight excluding hydrogens is 346 g/mol. The fourth-order valence-corrected chi connectivity index (χ4v) is 2.38. The molecule has 2 aromatic heterocycles. The van der Waals surface area contributed by atoms with E-state index in [0.29, 0.717) is 5.69 Å². The lowest BCUT2D eigenvalue weighted by atomic mass is 10.1. The maximum Gasteiger partial charge on any atom is 0.434 e. The lowest BCUT2D eigenvalue weighted by Gasteiger charge is -2.11. The van der Waals surface area contributed by atoms with Gasteiger partial charge in [0, 0.05) is 6.20 Å². The van der Waals surface area contributed by atoms with E-state index in [1.54, 1.807) is 18.3 Å². The van der Waals surface area contributed by atoms with Crippen LogP contribution in [0.3, 0.4) is 0 Å². The molecule has 0 bridgehead atoms. The topological polar surface area (TPSA) is 30.7 Å². The van der Waals surface area contributed by atoms with Crippen LogP contribution >= 0.6 is 0 Å². The van der Waals surface area contributed by atoms with Crippen molar-refractivity contribution in [2.45, 2.75) is 20.0 Å². The van der Waals surface area contributed by atoms with Gasteiger partial charge >= 0.3 is 6.18 Å². The van der Waals surface area contributed by atoms with Crippen molar-refractivity contribution in [2.24, 2.45) is 0 Å². The number of aromatic nitrogens is 3. The van der Waals surface area contributed by atoms with E-state index >= 15 is 0 Å². The monoisotopic (exact) mass is 359 g/mol. The average molecular weight is 359 g/mol. The van der Waals surface area contributed by atoms with E-state index in [2.05, 4.69) is 21.9 Å². The van der Waals surface area contributed by atoms with Gasteiger partial charge < -0.3 is 0 Å². The van der Waals surface area contributed by atoms with Crippen LogP contribution < -0.4 is 0 Å². The molecule has 0 aliphatic rings. The minimum Gasteiger partial charge on any atom is -0.248 e. The van der Waals surface area contributed by atoms with Crippen molar-refractivity contribution in [3.05, 3.63) is 76.6 Å². The van der Waals surface area contributed by atoms with Crippen LogP contribution in [0.5, 0.6) is 0 Å². The number of halogens is 4. The van der Waals surface area contributed by atoms with Crippen molar-refractivity contribution in [3.63, 3.8) is 0 Å². The Bertz CT molecular complexity index is 989. The minimum atomic E-state index is -4.68. The Kier molecular flexibility index (Phi) is 4.51. The van der Waals surface area contributed by atoms with E-state index in [9.17, 15) is 17.6 Å². The molecule has 2 heterocycles. The molecule has 3 rings (SSSR count). The molecule has 1 aromatic carbocycles. The number of hydrogen-bond donors (Lipinski definition) is 0. The van der Waals surface area contributed by atoms with Gasteiger partial charge in [-0.05, 0) is 55.7 Å².